The molecule has 0 saturated carbocycles. The van der Waals surface area contributed by atoms with Crippen molar-refractivity contribution in [3.63, 3.8) is 0 Å². The predicted octanol–water partition coefficient (Wildman–Crippen LogP) is 2.07. The molecule has 21 heavy (non-hydrogen) atoms. The molecule has 1 amide bonds. The minimum Gasteiger partial charge on any atom is -0.483 e. The van der Waals surface area contributed by atoms with Crippen LogP contribution < -0.4 is 10.5 Å². The molecule has 0 aromatic heterocycles. The number of benzene rings is 2. The summed E-state index contributed by atoms with van der Waals surface area (Å²) in [4.78, 5) is 14.1. The number of carbonyl (C=O) groups excluding carboxylic acids is 1. The fourth-order valence-corrected chi connectivity index (χ4v) is 2.55. The summed E-state index contributed by atoms with van der Waals surface area (Å²) in [6.45, 7) is 1.78. The number of para-hydroxylation sites is 1. The highest BCUT2D eigenvalue weighted by Gasteiger charge is 2.23. The highest BCUT2D eigenvalue weighted by Crippen LogP contribution is 2.23. The van der Waals surface area contributed by atoms with Gasteiger partial charge in [0.2, 0.25) is 0 Å². The molecule has 108 valence electrons. The van der Waals surface area contributed by atoms with Crippen LogP contribution in [0, 0.1) is 0 Å². The Morgan fingerprint density at radius 2 is 1.67 bits per heavy atom. The Balaban J connectivity index is 1.61. The largest absolute Gasteiger partial charge is 0.483 e. The van der Waals surface area contributed by atoms with Crippen molar-refractivity contribution in [1.82, 2.24) is 4.90 Å². The van der Waals surface area contributed by atoms with Crippen molar-refractivity contribution in [3.8, 4) is 5.75 Å². The third-order valence-corrected chi connectivity index (χ3v) is 3.74. The van der Waals surface area contributed by atoms with Crippen LogP contribution in [0.15, 0.2) is 48.5 Å². The number of nitrogens with two attached hydrogens (primary N) is 1. The Morgan fingerprint density at radius 3 is 2.33 bits per heavy atom. The maximum Gasteiger partial charge on any atom is 0.261 e. The molecule has 4 nitrogen and oxygen atoms in total. The molecule has 3 rings (SSSR count). The number of hydrogen-bond acceptors (Lipinski definition) is 3. The van der Waals surface area contributed by atoms with Gasteiger partial charge in [0.1, 0.15) is 5.75 Å². The van der Waals surface area contributed by atoms with Gasteiger partial charge in [-0.1, -0.05) is 42.5 Å². The Hall–Kier alpha value is -2.33. The summed E-state index contributed by atoms with van der Waals surface area (Å²) in [5.41, 5.74) is 9.01. The van der Waals surface area contributed by atoms with Crippen LogP contribution in [0.2, 0.25) is 0 Å². The molecule has 0 atom stereocenters. The first-order chi connectivity index (χ1) is 10.3. The van der Waals surface area contributed by atoms with E-state index in [0.29, 0.717) is 25.4 Å². The zero-order valence-corrected chi connectivity index (χ0v) is 11.8. The van der Waals surface area contributed by atoms with Crippen LogP contribution in [0.25, 0.3) is 0 Å². The molecule has 0 spiro atoms. The van der Waals surface area contributed by atoms with Crippen LogP contribution in [-0.4, -0.2) is 17.4 Å². The molecule has 0 aliphatic carbocycles. The zero-order valence-electron chi connectivity index (χ0n) is 11.8. The van der Waals surface area contributed by atoms with Gasteiger partial charge >= 0.3 is 0 Å². The lowest BCUT2D eigenvalue weighted by molar-refractivity contribution is -0.134. The van der Waals surface area contributed by atoms with Crippen molar-refractivity contribution < 1.29 is 9.53 Å². The number of rotatable bonds is 4. The van der Waals surface area contributed by atoms with E-state index in [1.807, 2.05) is 41.3 Å². The normalized spacial score (nSPS) is 13.1. The molecular weight excluding hydrogens is 264 g/mol. The standard InChI is InChI=1S/C17H18N2O2/c18-9-13-5-3-4-8-16(13)21-12-17(20)19-10-14-6-1-2-7-15(14)11-19/h1-8H,9-12,18H2. The molecule has 0 saturated heterocycles. The Labute approximate surface area is 124 Å². The Kier molecular flexibility index (Phi) is 3.88. The maximum absolute atomic E-state index is 12.3. The summed E-state index contributed by atoms with van der Waals surface area (Å²) < 4.78 is 5.63. The Bertz CT molecular complexity index is 630. The summed E-state index contributed by atoms with van der Waals surface area (Å²) in [5, 5.41) is 0. The van der Waals surface area contributed by atoms with E-state index < -0.39 is 0 Å². The molecule has 4 heteroatoms. The van der Waals surface area contributed by atoms with Gasteiger partial charge in [0.15, 0.2) is 6.61 Å². The second-order valence-corrected chi connectivity index (χ2v) is 5.12. The van der Waals surface area contributed by atoms with Crippen molar-refractivity contribution in [1.29, 1.82) is 0 Å². The average molecular weight is 282 g/mol. The first kappa shape index (κ1) is 13.6. The first-order valence-corrected chi connectivity index (χ1v) is 7.03. The van der Waals surface area contributed by atoms with E-state index in [1.54, 1.807) is 0 Å². The summed E-state index contributed by atoms with van der Waals surface area (Å²) in [6.07, 6.45) is 0. The number of carbonyl (C=O) groups is 1. The van der Waals surface area contributed by atoms with Gasteiger partial charge in [0.05, 0.1) is 0 Å². The van der Waals surface area contributed by atoms with E-state index >= 15 is 0 Å². The second kappa shape index (κ2) is 5.97. The van der Waals surface area contributed by atoms with Crippen LogP contribution in [0.1, 0.15) is 16.7 Å². The third kappa shape index (κ3) is 2.90. The van der Waals surface area contributed by atoms with E-state index in [9.17, 15) is 4.79 Å². The van der Waals surface area contributed by atoms with Crippen LogP contribution in [0.5, 0.6) is 5.75 Å². The fourth-order valence-electron chi connectivity index (χ4n) is 2.55. The van der Waals surface area contributed by atoms with Crippen molar-refractivity contribution >= 4 is 5.91 Å². The number of ether oxygens (including phenoxy) is 1. The lowest BCUT2D eigenvalue weighted by atomic mass is 10.1. The van der Waals surface area contributed by atoms with Gasteiger partial charge in [-0.05, 0) is 17.2 Å². The third-order valence-electron chi connectivity index (χ3n) is 3.74. The number of fused-ring (bicyclic) bond motifs is 1. The average Bonchev–Trinajstić information content (AvgIpc) is 2.97. The van der Waals surface area contributed by atoms with Gasteiger partial charge in [0.25, 0.3) is 5.91 Å². The molecule has 0 fully saturated rings. The SMILES string of the molecule is NCc1ccccc1OCC(=O)N1Cc2ccccc2C1. The molecule has 1 heterocycles. The molecule has 1 aliphatic heterocycles. The molecule has 2 aromatic rings. The molecule has 0 bridgehead atoms. The number of hydrogen-bond donors (Lipinski definition) is 1. The predicted molar refractivity (Wildman–Crippen MR) is 80.5 cm³/mol. The van der Waals surface area contributed by atoms with E-state index in [1.165, 1.54) is 11.1 Å². The number of nitrogens with zero attached hydrogens (tertiary/aromatic N) is 1. The van der Waals surface area contributed by atoms with Crippen molar-refractivity contribution in [2.24, 2.45) is 5.73 Å². The van der Waals surface area contributed by atoms with E-state index in [4.69, 9.17) is 10.5 Å². The van der Waals surface area contributed by atoms with Crippen molar-refractivity contribution in [3.05, 3.63) is 65.2 Å². The molecule has 2 aromatic carbocycles. The number of amides is 1. The summed E-state index contributed by atoms with van der Waals surface area (Å²) in [5.74, 6) is 0.683. The van der Waals surface area contributed by atoms with Gasteiger partial charge in [-0.3, -0.25) is 4.79 Å². The van der Waals surface area contributed by atoms with Gasteiger partial charge in [-0.2, -0.15) is 0 Å². The molecule has 0 unspecified atom stereocenters. The quantitative estimate of drug-likeness (QED) is 0.934. The summed E-state index contributed by atoms with van der Waals surface area (Å²) >= 11 is 0. The van der Waals surface area contributed by atoms with E-state index in [0.717, 1.165) is 5.56 Å². The lowest BCUT2D eigenvalue weighted by Gasteiger charge is -2.16. The summed E-state index contributed by atoms with van der Waals surface area (Å²) in [7, 11) is 0. The van der Waals surface area contributed by atoms with E-state index in [2.05, 4.69) is 12.1 Å². The zero-order chi connectivity index (χ0) is 14.7. The van der Waals surface area contributed by atoms with Crippen molar-refractivity contribution in [2.45, 2.75) is 19.6 Å². The topological polar surface area (TPSA) is 55.6 Å². The smallest absolute Gasteiger partial charge is 0.261 e. The van der Waals surface area contributed by atoms with Crippen molar-refractivity contribution in [2.75, 3.05) is 6.61 Å². The van der Waals surface area contributed by atoms with E-state index in [-0.39, 0.29) is 12.5 Å². The molecular formula is C17H18N2O2. The molecule has 0 radical (unpaired) electrons. The fraction of sp³-hybridized carbons (Fsp3) is 0.235. The second-order valence-electron chi connectivity index (χ2n) is 5.12. The molecule has 2 N–H and O–H groups in total. The Morgan fingerprint density at radius 1 is 1.05 bits per heavy atom. The maximum atomic E-state index is 12.3. The highest BCUT2D eigenvalue weighted by molar-refractivity contribution is 5.78. The highest BCUT2D eigenvalue weighted by atomic mass is 16.5. The van der Waals surface area contributed by atoms with Crippen LogP contribution in [0.4, 0.5) is 0 Å². The monoisotopic (exact) mass is 282 g/mol. The van der Waals surface area contributed by atoms with Crippen LogP contribution >= 0.6 is 0 Å². The van der Waals surface area contributed by atoms with Crippen LogP contribution in [0.3, 0.4) is 0 Å². The summed E-state index contributed by atoms with van der Waals surface area (Å²) in [6, 6.07) is 15.7. The molecule has 1 aliphatic rings. The first-order valence-electron chi connectivity index (χ1n) is 7.03. The lowest BCUT2D eigenvalue weighted by Crippen LogP contribution is -2.30. The van der Waals surface area contributed by atoms with Crippen LogP contribution in [-0.2, 0) is 24.4 Å². The van der Waals surface area contributed by atoms with Gasteiger partial charge in [-0.25, -0.2) is 0 Å². The van der Waals surface area contributed by atoms with Gasteiger partial charge in [0, 0.05) is 25.2 Å². The minimum absolute atomic E-state index is 0.00183. The van der Waals surface area contributed by atoms with Gasteiger partial charge in [-0.15, -0.1) is 0 Å². The van der Waals surface area contributed by atoms with Gasteiger partial charge < -0.3 is 15.4 Å². The minimum atomic E-state index is -0.00183.